The molecule has 2 unspecified atom stereocenters. The van der Waals surface area contributed by atoms with E-state index in [9.17, 15) is 18.7 Å². The minimum absolute atomic E-state index is 0.0777. The number of halogens is 2. The molecule has 2 aliphatic rings. The highest BCUT2D eigenvalue weighted by Crippen LogP contribution is 2.48. The van der Waals surface area contributed by atoms with Gasteiger partial charge in [-0.25, -0.2) is 0 Å². The van der Waals surface area contributed by atoms with Crippen LogP contribution in [-0.2, 0) is 9.31 Å². The van der Waals surface area contributed by atoms with Crippen molar-refractivity contribution in [1.82, 2.24) is 0 Å². The Kier molecular flexibility index (Phi) is 3.14. The number of hydrogen-bond acceptors (Lipinski definition) is 4. The van der Waals surface area contributed by atoms with Crippen molar-refractivity contribution in [3.63, 3.8) is 0 Å². The van der Waals surface area contributed by atoms with E-state index in [2.05, 4.69) is 4.65 Å². The van der Waals surface area contributed by atoms with Crippen molar-refractivity contribution in [2.24, 2.45) is 0 Å². The van der Waals surface area contributed by atoms with Crippen LogP contribution in [0.25, 0.3) is 0 Å². The maximum Gasteiger partial charge on any atom is 0.608 e. The van der Waals surface area contributed by atoms with Gasteiger partial charge < -0.3 is 17.9 Å². The molecule has 0 aromatic heterocycles. The lowest BCUT2D eigenvalue weighted by Crippen LogP contribution is -2.46. The second-order valence-corrected chi connectivity index (χ2v) is 4.99. The molecule has 1 aliphatic carbocycles. The average Bonchev–Trinajstić information content (AvgIpc) is 2.84. The largest absolute Gasteiger partial charge is 0.608 e. The molecule has 0 radical (unpaired) electrons. The van der Waals surface area contributed by atoms with Crippen LogP contribution in [0.2, 0.25) is 0 Å². The van der Waals surface area contributed by atoms with Crippen LogP contribution in [0.3, 0.4) is 0 Å². The zero-order valence-electron chi connectivity index (χ0n) is 10.5. The first-order valence-electron chi connectivity index (χ1n) is 6.42. The summed E-state index contributed by atoms with van der Waals surface area (Å²) in [4.78, 5) is 10.1. The van der Waals surface area contributed by atoms with E-state index in [4.69, 9.17) is 4.65 Å². The molecule has 1 aliphatic heterocycles. The molecular weight excluding hydrogens is 271 g/mol. The first-order chi connectivity index (χ1) is 9.46. The van der Waals surface area contributed by atoms with Crippen molar-refractivity contribution in [1.29, 1.82) is 0 Å². The second kappa shape index (κ2) is 4.71. The second-order valence-electron chi connectivity index (χ2n) is 4.99. The van der Waals surface area contributed by atoms with Crippen molar-refractivity contribution in [2.45, 2.75) is 31.5 Å². The number of hydrogen-bond donors (Lipinski definition) is 0. The lowest BCUT2D eigenvalue weighted by atomic mass is 9.88. The quantitative estimate of drug-likeness (QED) is 0.362. The molecule has 0 amide bonds. The van der Waals surface area contributed by atoms with Crippen LogP contribution < -0.4 is 0 Å². The van der Waals surface area contributed by atoms with Gasteiger partial charge in [-0.2, -0.15) is 0 Å². The summed E-state index contributed by atoms with van der Waals surface area (Å²) in [6.07, 6.45) is 0.628. The number of rotatable bonds is 2. The minimum Gasteiger partial charge on any atom is -0.473 e. The smallest absolute Gasteiger partial charge is 0.473 e. The Morgan fingerprint density at radius 2 is 2.00 bits per heavy atom. The van der Waals surface area contributed by atoms with Crippen LogP contribution in [-0.4, -0.2) is 18.1 Å². The normalized spacial score (nSPS) is 28.2. The molecule has 106 valence electrons. The van der Waals surface area contributed by atoms with Crippen molar-refractivity contribution in [3.8, 4) is 0 Å². The fourth-order valence-electron chi connectivity index (χ4n) is 2.83. The molecule has 1 saturated carbocycles. The Bertz CT molecular complexity index is 525. The SMILES string of the molecule is O=[N+]([O-])c1ccc(C2O[B-](F)(F)OC3CCC[C+]32)cc1. The molecular formula is C12H12BF2NO4. The van der Waals surface area contributed by atoms with Gasteiger partial charge in [0.1, 0.15) is 5.92 Å². The molecule has 8 heteroatoms. The summed E-state index contributed by atoms with van der Waals surface area (Å²) in [7, 11) is -4.29. The van der Waals surface area contributed by atoms with Gasteiger partial charge in [0.15, 0.2) is 12.2 Å². The van der Waals surface area contributed by atoms with Gasteiger partial charge in [-0.3, -0.25) is 10.1 Å². The molecule has 1 aromatic rings. The van der Waals surface area contributed by atoms with Gasteiger partial charge >= 0.3 is 7.11 Å². The summed E-state index contributed by atoms with van der Waals surface area (Å²) in [6, 6.07) is 5.51. The summed E-state index contributed by atoms with van der Waals surface area (Å²) in [5, 5.41) is 10.6. The van der Waals surface area contributed by atoms with Crippen LogP contribution in [0, 0.1) is 16.0 Å². The van der Waals surface area contributed by atoms with Gasteiger partial charge in [-0.05, 0) is 18.6 Å². The maximum atomic E-state index is 13.5. The Morgan fingerprint density at radius 3 is 2.65 bits per heavy atom. The fourth-order valence-corrected chi connectivity index (χ4v) is 2.83. The molecule has 5 nitrogen and oxygen atoms in total. The topological polar surface area (TPSA) is 61.6 Å². The maximum absolute atomic E-state index is 13.5. The predicted octanol–water partition coefficient (Wildman–Crippen LogP) is 3.18. The number of fused-ring (bicyclic) bond motifs is 1. The Morgan fingerprint density at radius 1 is 1.30 bits per heavy atom. The first-order valence-corrected chi connectivity index (χ1v) is 6.42. The van der Waals surface area contributed by atoms with Crippen molar-refractivity contribution in [2.75, 3.05) is 0 Å². The Hall–Kier alpha value is -1.67. The monoisotopic (exact) mass is 283 g/mol. The molecule has 20 heavy (non-hydrogen) atoms. The lowest BCUT2D eigenvalue weighted by molar-refractivity contribution is -0.384. The van der Waals surface area contributed by atoms with Gasteiger partial charge in [0.2, 0.25) is 0 Å². The van der Waals surface area contributed by atoms with Gasteiger partial charge in [-0.1, -0.05) is 0 Å². The fraction of sp³-hybridized carbons (Fsp3) is 0.417. The van der Waals surface area contributed by atoms with E-state index in [0.29, 0.717) is 18.4 Å². The summed E-state index contributed by atoms with van der Waals surface area (Å²) in [6.45, 7) is 0. The summed E-state index contributed by atoms with van der Waals surface area (Å²) in [5.74, 6) is 0.798. The summed E-state index contributed by atoms with van der Waals surface area (Å²) in [5.41, 5.74) is 0.424. The van der Waals surface area contributed by atoms with Crippen LogP contribution in [0.15, 0.2) is 24.3 Å². The number of non-ortho nitro benzene ring substituents is 1. The molecule has 2 fully saturated rings. The van der Waals surface area contributed by atoms with Gasteiger partial charge in [0, 0.05) is 24.1 Å². The zero-order valence-corrected chi connectivity index (χ0v) is 10.5. The van der Waals surface area contributed by atoms with Crippen molar-refractivity contribution in [3.05, 3.63) is 45.9 Å². The van der Waals surface area contributed by atoms with Crippen LogP contribution in [0.1, 0.15) is 30.9 Å². The number of benzene rings is 1. The molecule has 1 aromatic carbocycles. The van der Waals surface area contributed by atoms with Crippen molar-refractivity contribution < 1.29 is 22.9 Å². The van der Waals surface area contributed by atoms with E-state index in [0.717, 1.165) is 12.3 Å². The third-order valence-corrected chi connectivity index (χ3v) is 3.71. The minimum atomic E-state index is -4.29. The highest BCUT2D eigenvalue weighted by Gasteiger charge is 2.55. The number of nitro benzene ring substituents is 1. The van der Waals surface area contributed by atoms with E-state index >= 15 is 0 Å². The van der Waals surface area contributed by atoms with Gasteiger partial charge in [-0.15, -0.1) is 0 Å². The molecule has 3 rings (SSSR count). The van der Waals surface area contributed by atoms with Gasteiger partial charge in [0.25, 0.3) is 5.69 Å². The highest BCUT2D eigenvalue weighted by molar-refractivity contribution is 6.52. The van der Waals surface area contributed by atoms with E-state index in [1.165, 1.54) is 24.3 Å². The molecule has 0 bridgehead atoms. The zero-order chi connectivity index (χ0) is 14.3. The lowest BCUT2D eigenvalue weighted by Gasteiger charge is -2.38. The summed E-state index contributed by atoms with van der Waals surface area (Å²) >= 11 is 0. The average molecular weight is 283 g/mol. The first kappa shape index (κ1) is 13.3. The van der Waals surface area contributed by atoms with Crippen molar-refractivity contribution >= 4 is 12.8 Å². The number of nitro groups is 1. The van der Waals surface area contributed by atoms with Gasteiger partial charge in [0.05, 0.1) is 11.3 Å². The van der Waals surface area contributed by atoms with E-state index < -0.39 is 24.2 Å². The Labute approximate surface area is 114 Å². The van der Waals surface area contributed by atoms with E-state index in [-0.39, 0.29) is 5.69 Å². The third kappa shape index (κ3) is 2.36. The van der Waals surface area contributed by atoms with E-state index in [1.54, 1.807) is 0 Å². The number of nitrogens with zero attached hydrogens (tertiary/aromatic N) is 1. The standard InChI is InChI=1S/C12H12BF2NO4/c14-13(15)19-11-3-1-2-10(11)12(20-13)8-4-6-9(7-5-8)16(17)18/h4-7,11-12H,1-3H2. The predicted molar refractivity (Wildman–Crippen MR) is 66.9 cm³/mol. The van der Waals surface area contributed by atoms with Crippen LogP contribution in [0.5, 0.6) is 0 Å². The van der Waals surface area contributed by atoms with E-state index in [1.807, 2.05) is 0 Å². The highest BCUT2D eigenvalue weighted by atomic mass is 19.3. The molecule has 2 atom stereocenters. The molecule has 1 heterocycles. The Balaban J connectivity index is 1.88. The third-order valence-electron chi connectivity index (χ3n) is 3.71. The summed E-state index contributed by atoms with van der Waals surface area (Å²) < 4.78 is 36.4. The molecule has 0 spiro atoms. The van der Waals surface area contributed by atoms with Crippen LogP contribution >= 0.6 is 0 Å². The molecule has 0 N–H and O–H groups in total. The molecule has 1 saturated heterocycles. The van der Waals surface area contributed by atoms with Crippen LogP contribution in [0.4, 0.5) is 14.3 Å².